The third-order valence-corrected chi connectivity index (χ3v) is 7.65. The van der Waals surface area contributed by atoms with Crippen LogP contribution in [0.15, 0.2) is 23.1 Å². The maximum atomic E-state index is 13.0. The minimum atomic E-state index is -3.56. The van der Waals surface area contributed by atoms with Gasteiger partial charge in [-0.1, -0.05) is 6.42 Å². The number of benzene rings is 1. The summed E-state index contributed by atoms with van der Waals surface area (Å²) >= 11 is 0. The highest BCUT2D eigenvalue weighted by Gasteiger charge is 2.38. The number of carbonyl (C=O) groups excluding carboxylic acids is 1. The quantitative estimate of drug-likeness (QED) is 0.872. The number of sulfonamides is 1. The van der Waals surface area contributed by atoms with Crippen LogP contribution in [0.5, 0.6) is 0 Å². The second-order valence-electron chi connectivity index (χ2n) is 7.71. The fraction of sp³-hybridized carbons (Fsp3) is 0.632. The number of hydrogen-bond acceptors (Lipinski definition) is 4. The Morgan fingerprint density at radius 2 is 1.92 bits per heavy atom. The van der Waals surface area contributed by atoms with Gasteiger partial charge in [0.25, 0.3) is 0 Å². The van der Waals surface area contributed by atoms with Gasteiger partial charge in [-0.3, -0.25) is 9.69 Å². The molecule has 1 aromatic rings. The van der Waals surface area contributed by atoms with Crippen molar-refractivity contribution >= 4 is 21.6 Å². The molecular weight excluding hydrogens is 350 g/mol. The molecule has 3 heterocycles. The van der Waals surface area contributed by atoms with E-state index in [4.69, 9.17) is 0 Å². The van der Waals surface area contributed by atoms with E-state index in [9.17, 15) is 13.2 Å². The van der Waals surface area contributed by atoms with Crippen molar-refractivity contribution in [1.29, 1.82) is 0 Å². The molecule has 3 aliphatic heterocycles. The Morgan fingerprint density at radius 1 is 1.08 bits per heavy atom. The molecule has 0 aliphatic carbocycles. The Hall–Kier alpha value is -1.44. The molecule has 1 N–H and O–H groups in total. The lowest BCUT2D eigenvalue weighted by Gasteiger charge is -2.32. The number of aryl methyl sites for hydroxylation is 1. The minimum Gasteiger partial charge on any atom is -0.312 e. The van der Waals surface area contributed by atoms with Crippen molar-refractivity contribution in [3.8, 4) is 0 Å². The summed E-state index contributed by atoms with van der Waals surface area (Å²) in [5.41, 5.74) is 1.48. The van der Waals surface area contributed by atoms with E-state index in [-0.39, 0.29) is 11.9 Å². The standard InChI is InChI=1S/C19H27N3O3S/c1-14-13-15(22-11-4-6-19(22)23)7-8-18(14)26(24,25)20-16-9-12-21-10-3-2-5-17(16)21/h7-8,13,16-17,20H,2-6,9-12H2,1H3/t16-,17+/m1/s1. The van der Waals surface area contributed by atoms with Crippen LogP contribution >= 0.6 is 0 Å². The van der Waals surface area contributed by atoms with Gasteiger partial charge in [0, 0.05) is 37.3 Å². The highest BCUT2D eigenvalue weighted by molar-refractivity contribution is 7.89. The molecule has 1 amide bonds. The number of nitrogens with one attached hydrogen (secondary N) is 1. The first-order valence-electron chi connectivity index (χ1n) is 9.63. The molecule has 26 heavy (non-hydrogen) atoms. The first-order valence-corrected chi connectivity index (χ1v) is 11.1. The Kier molecular flexibility index (Phi) is 4.79. The zero-order chi connectivity index (χ0) is 18.3. The molecule has 0 aromatic heterocycles. The monoisotopic (exact) mass is 377 g/mol. The van der Waals surface area contributed by atoms with Crippen molar-refractivity contribution < 1.29 is 13.2 Å². The van der Waals surface area contributed by atoms with Gasteiger partial charge in [-0.2, -0.15) is 0 Å². The second-order valence-corrected chi connectivity index (χ2v) is 9.40. The van der Waals surface area contributed by atoms with Gasteiger partial charge in [0.1, 0.15) is 0 Å². The summed E-state index contributed by atoms with van der Waals surface area (Å²) in [7, 11) is -3.56. The number of rotatable bonds is 4. The molecule has 0 unspecified atom stereocenters. The second kappa shape index (κ2) is 6.94. The fourth-order valence-corrected chi connectivity index (χ4v) is 6.20. The highest BCUT2D eigenvalue weighted by Crippen LogP contribution is 2.30. The Labute approximate surface area is 155 Å². The first kappa shape index (κ1) is 17.9. The molecule has 3 aliphatic rings. The summed E-state index contributed by atoms with van der Waals surface area (Å²) < 4.78 is 28.9. The van der Waals surface area contributed by atoms with Crippen molar-refractivity contribution in [2.45, 2.75) is 62.4 Å². The summed E-state index contributed by atoms with van der Waals surface area (Å²) in [5.74, 6) is 0.112. The molecule has 7 heteroatoms. The molecule has 4 rings (SSSR count). The van der Waals surface area contributed by atoms with Crippen molar-refractivity contribution in [3.63, 3.8) is 0 Å². The van der Waals surface area contributed by atoms with Gasteiger partial charge in [-0.25, -0.2) is 13.1 Å². The SMILES string of the molecule is Cc1cc(N2CCCC2=O)ccc1S(=O)(=O)N[C@@H]1CCN2CCCC[C@@H]12. The Bertz CT molecular complexity index is 808. The van der Waals surface area contributed by atoms with Crippen molar-refractivity contribution in [2.75, 3.05) is 24.5 Å². The van der Waals surface area contributed by atoms with Crippen LogP contribution in [0, 0.1) is 6.92 Å². The fourth-order valence-electron chi connectivity index (χ4n) is 4.67. The summed E-state index contributed by atoms with van der Waals surface area (Å²) in [4.78, 5) is 16.4. The maximum Gasteiger partial charge on any atom is 0.241 e. The van der Waals surface area contributed by atoms with Gasteiger partial charge in [0.2, 0.25) is 15.9 Å². The van der Waals surface area contributed by atoms with Gasteiger partial charge in [-0.15, -0.1) is 0 Å². The summed E-state index contributed by atoms with van der Waals surface area (Å²) in [5, 5.41) is 0. The first-order chi connectivity index (χ1) is 12.5. The zero-order valence-electron chi connectivity index (χ0n) is 15.3. The van der Waals surface area contributed by atoms with E-state index in [1.165, 1.54) is 12.8 Å². The van der Waals surface area contributed by atoms with Gasteiger partial charge >= 0.3 is 0 Å². The molecule has 6 nitrogen and oxygen atoms in total. The number of amides is 1. The van der Waals surface area contributed by atoms with E-state index in [0.717, 1.165) is 38.0 Å². The smallest absolute Gasteiger partial charge is 0.241 e. The third-order valence-electron chi connectivity index (χ3n) is 6.00. The topological polar surface area (TPSA) is 69.7 Å². The molecule has 3 saturated heterocycles. The number of fused-ring (bicyclic) bond motifs is 1. The summed E-state index contributed by atoms with van der Waals surface area (Å²) in [6.07, 6.45) is 5.77. The molecule has 1 aromatic carbocycles. The van der Waals surface area contributed by atoms with Crippen LogP contribution in [0.2, 0.25) is 0 Å². The number of carbonyl (C=O) groups is 1. The number of nitrogens with zero attached hydrogens (tertiary/aromatic N) is 2. The van der Waals surface area contributed by atoms with E-state index in [0.29, 0.717) is 29.5 Å². The van der Waals surface area contributed by atoms with Gasteiger partial charge in [0.05, 0.1) is 4.90 Å². The van der Waals surface area contributed by atoms with E-state index in [1.807, 2.05) is 6.07 Å². The van der Waals surface area contributed by atoms with Gasteiger partial charge in [0.15, 0.2) is 0 Å². The average Bonchev–Trinajstić information content (AvgIpc) is 3.21. The normalized spacial score (nSPS) is 27.1. The molecule has 3 fully saturated rings. The van der Waals surface area contributed by atoms with E-state index in [2.05, 4.69) is 9.62 Å². The molecular formula is C19H27N3O3S. The van der Waals surface area contributed by atoms with Crippen molar-refractivity contribution in [1.82, 2.24) is 9.62 Å². The lowest BCUT2D eigenvalue weighted by molar-refractivity contribution is -0.117. The minimum absolute atomic E-state index is 0.000429. The molecule has 0 spiro atoms. The highest BCUT2D eigenvalue weighted by atomic mass is 32.2. The van der Waals surface area contributed by atoms with Crippen LogP contribution in [-0.2, 0) is 14.8 Å². The van der Waals surface area contributed by atoms with Crippen LogP contribution in [0.3, 0.4) is 0 Å². The van der Waals surface area contributed by atoms with Crippen LogP contribution in [-0.4, -0.2) is 50.9 Å². The van der Waals surface area contributed by atoms with Gasteiger partial charge in [-0.05, 0) is 62.9 Å². The maximum absolute atomic E-state index is 13.0. The van der Waals surface area contributed by atoms with Crippen molar-refractivity contribution in [2.24, 2.45) is 0 Å². The van der Waals surface area contributed by atoms with Crippen LogP contribution in [0.4, 0.5) is 5.69 Å². The molecule has 0 bridgehead atoms. The lowest BCUT2D eigenvalue weighted by atomic mass is 10.00. The van der Waals surface area contributed by atoms with Crippen LogP contribution in [0.1, 0.15) is 44.1 Å². The lowest BCUT2D eigenvalue weighted by Crippen LogP contribution is -2.46. The predicted octanol–water partition coefficient (Wildman–Crippen LogP) is 2.03. The number of piperidine rings is 1. The van der Waals surface area contributed by atoms with Crippen LogP contribution < -0.4 is 9.62 Å². The largest absolute Gasteiger partial charge is 0.312 e. The predicted molar refractivity (Wildman–Crippen MR) is 101 cm³/mol. The summed E-state index contributed by atoms with van der Waals surface area (Å²) in [6, 6.07) is 5.55. The Morgan fingerprint density at radius 3 is 2.65 bits per heavy atom. The molecule has 2 atom stereocenters. The zero-order valence-corrected chi connectivity index (χ0v) is 16.1. The third kappa shape index (κ3) is 3.28. The molecule has 0 radical (unpaired) electrons. The van der Waals surface area contributed by atoms with Crippen LogP contribution in [0.25, 0.3) is 0 Å². The molecule has 142 valence electrons. The molecule has 0 saturated carbocycles. The van der Waals surface area contributed by atoms with Gasteiger partial charge < -0.3 is 4.90 Å². The summed E-state index contributed by atoms with van der Waals surface area (Å²) in [6.45, 7) is 4.58. The van der Waals surface area contributed by atoms with E-state index < -0.39 is 10.0 Å². The van der Waals surface area contributed by atoms with E-state index in [1.54, 1.807) is 24.0 Å². The Balaban J connectivity index is 1.53. The van der Waals surface area contributed by atoms with E-state index >= 15 is 0 Å². The van der Waals surface area contributed by atoms with Crippen molar-refractivity contribution in [3.05, 3.63) is 23.8 Å². The number of anilines is 1. The number of hydrogen-bond donors (Lipinski definition) is 1. The average molecular weight is 378 g/mol.